The maximum absolute atomic E-state index is 2.26. The molecule has 0 amide bonds. The Hall–Kier alpha value is -8.46. The molecule has 0 radical (unpaired) electrons. The van der Waals surface area contributed by atoms with E-state index in [1.54, 1.807) is 0 Å². The van der Waals surface area contributed by atoms with Crippen molar-refractivity contribution in [1.29, 1.82) is 0 Å². The van der Waals surface area contributed by atoms with E-state index in [9.17, 15) is 0 Å². The summed E-state index contributed by atoms with van der Waals surface area (Å²) in [5, 5.41) is 0. The van der Waals surface area contributed by atoms with Crippen molar-refractivity contribution in [1.82, 2.24) is 0 Å². The second-order valence-corrected chi connectivity index (χ2v) is 17.8. The Labute approximate surface area is 401 Å². The van der Waals surface area contributed by atoms with Gasteiger partial charge in [0.25, 0.3) is 0 Å². The first-order valence-corrected chi connectivity index (χ1v) is 23.5. The number of pyridine rings is 2. The predicted octanol–water partition coefficient (Wildman–Crippen LogP) is 15.2. The summed E-state index contributed by atoms with van der Waals surface area (Å²) >= 11 is 0. The lowest BCUT2D eigenvalue weighted by molar-refractivity contribution is -0.596. The summed E-state index contributed by atoms with van der Waals surface area (Å²) in [7, 11) is 0. The number of aromatic nitrogens is 2. The van der Waals surface area contributed by atoms with Gasteiger partial charge in [-0.2, -0.15) is 9.13 Å². The van der Waals surface area contributed by atoms with E-state index in [4.69, 9.17) is 0 Å². The van der Waals surface area contributed by atoms with Gasteiger partial charge in [0, 0.05) is 48.5 Å². The molecular weight excluding hydrogens is 821 g/mol. The van der Waals surface area contributed by atoms with Crippen LogP contribution in [0.2, 0.25) is 0 Å². The van der Waals surface area contributed by atoms with Crippen LogP contribution in [0.15, 0.2) is 255 Å². The Balaban J connectivity index is 0.927. The van der Waals surface area contributed by atoms with Crippen molar-refractivity contribution in [2.75, 3.05) is 0 Å². The lowest BCUT2D eigenvalue weighted by Crippen LogP contribution is -2.29. The smallest absolute Gasteiger partial charge is 0.167 e. The molecule has 2 heterocycles. The molecule has 2 aromatic heterocycles. The predicted molar refractivity (Wildman–Crippen MR) is 283 cm³/mol. The van der Waals surface area contributed by atoms with Crippen LogP contribution >= 0.6 is 0 Å². The number of rotatable bonds is 11. The van der Waals surface area contributed by atoms with Gasteiger partial charge in [0.2, 0.25) is 11.4 Å². The van der Waals surface area contributed by atoms with Gasteiger partial charge < -0.3 is 0 Å². The van der Waals surface area contributed by atoms with Crippen LogP contribution in [0.3, 0.4) is 0 Å². The molecule has 68 heavy (non-hydrogen) atoms. The Kier molecular flexibility index (Phi) is 12.5. The summed E-state index contributed by atoms with van der Waals surface area (Å²) in [6.07, 6.45) is 8.62. The molecule has 0 spiro atoms. The van der Waals surface area contributed by atoms with Crippen LogP contribution in [0.4, 0.5) is 0 Å². The second-order valence-electron chi connectivity index (χ2n) is 17.8. The standard InChI is InChI=1S/C66H54N2/c1-47-15-23-55(24-16-47)65(56-25-17-48(2)18-26-56)63(53-11-7-5-8-12-53)59-31-35-61(36-32-59)67-43-39-51(40-44-67)52-41-45-68(46-42-52)62-37-33-60(34-38-62)64(54-13-9-6-10-14-54)66(57-27-19-49(3)20-28-57)58-29-21-50(4)22-30-58/h5-46H,1-4H3/q+2. The molecular formula is C66H54N2+2. The molecule has 8 aromatic carbocycles. The summed E-state index contributed by atoms with van der Waals surface area (Å²) in [5.74, 6) is 0. The van der Waals surface area contributed by atoms with Crippen LogP contribution in [-0.2, 0) is 0 Å². The maximum Gasteiger partial charge on any atom is 0.210 e. The SMILES string of the molecule is Cc1ccc(C(=C(c2ccccc2)c2ccc(-[n+]3ccc(-c4cc[n+](-c5ccc(C(=C(c6ccc(C)cc6)c6ccc(C)cc6)c6ccccc6)cc5)cc4)cc3)cc2)c2ccc(C)cc2)cc1. The highest BCUT2D eigenvalue weighted by Crippen LogP contribution is 2.39. The molecule has 0 saturated heterocycles. The third-order valence-corrected chi connectivity index (χ3v) is 12.9. The van der Waals surface area contributed by atoms with Crippen LogP contribution in [0.1, 0.15) is 66.8 Å². The molecule has 0 unspecified atom stereocenters. The number of hydrogen-bond acceptors (Lipinski definition) is 0. The summed E-state index contributed by atoms with van der Waals surface area (Å²) in [5.41, 5.74) is 23.9. The molecule has 2 heteroatoms. The zero-order chi connectivity index (χ0) is 46.4. The monoisotopic (exact) mass is 874 g/mol. The van der Waals surface area contributed by atoms with E-state index in [1.807, 2.05) is 0 Å². The lowest BCUT2D eigenvalue weighted by atomic mass is 9.85. The van der Waals surface area contributed by atoms with Crippen LogP contribution in [0, 0.1) is 27.7 Å². The summed E-state index contributed by atoms with van der Waals surface area (Å²) < 4.78 is 4.37. The van der Waals surface area contributed by atoms with E-state index >= 15 is 0 Å². The molecule has 0 aliphatic rings. The Bertz CT molecular complexity index is 3020. The average molecular weight is 875 g/mol. The fourth-order valence-corrected chi connectivity index (χ4v) is 9.09. The van der Waals surface area contributed by atoms with Gasteiger partial charge in [-0.3, -0.25) is 0 Å². The van der Waals surface area contributed by atoms with Gasteiger partial charge in [-0.1, -0.05) is 180 Å². The largest absolute Gasteiger partial charge is 0.210 e. The minimum Gasteiger partial charge on any atom is -0.167 e. The molecule has 0 bridgehead atoms. The molecule has 0 atom stereocenters. The molecule has 2 nitrogen and oxygen atoms in total. The van der Waals surface area contributed by atoms with Gasteiger partial charge in [0.1, 0.15) is 0 Å². The molecule has 0 aliphatic heterocycles. The Morgan fingerprint density at radius 3 is 0.662 bits per heavy atom. The van der Waals surface area contributed by atoms with Crippen molar-refractivity contribution in [3.63, 3.8) is 0 Å². The van der Waals surface area contributed by atoms with Gasteiger partial charge in [0.15, 0.2) is 24.8 Å². The van der Waals surface area contributed by atoms with E-state index in [1.165, 1.54) is 89.1 Å². The molecule has 0 aliphatic carbocycles. The number of hydrogen-bond donors (Lipinski definition) is 0. The molecule has 0 fully saturated rings. The van der Waals surface area contributed by atoms with Gasteiger partial charge in [-0.15, -0.1) is 0 Å². The fraction of sp³-hybridized carbons (Fsp3) is 0.0606. The van der Waals surface area contributed by atoms with Gasteiger partial charge in [-0.25, -0.2) is 0 Å². The normalized spacial score (nSPS) is 10.9. The summed E-state index contributed by atoms with van der Waals surface area (Å²) in [6, 6.07) is 83.9. The van der Waals surface area contributed by atoms with Gasteiger partial charge in [-0.05, 0) is 130 Å². The number of nitrogens with zero attached hydrogens (tertiary/aromatic N) is 2. The summed E-state index contributed by atoms with van der Waals surface area (Å²) in [4.78, 5) is 0. The molecule has 10 rings (SSSR count). The van der Waals surface area contributed by atoms with Crippen molar-refractivity contribution in [3.05, 3.63) is 322 Å². The first kappa shape index (κ1) is 43.4. The molecule has 0 N–H and O–H groups in total. The fourth-order valence-electron chi connectivity index (χ4n) is 9.09. The zero-order valence-electron chi connectivity index (χ0n) is 39.1. The Morgan fingerprint density at radius 1 is 0.221 bits per heavy atom. The van der Waals surface area contributed by atoms with Crippen molar-refractivity contribution in [2.45, 2.75) is 27.7 Å². The topological polar surface area (TPSA) is 7.76 Å². The molecule has 326 valence electrons. The van der Waals surface area contributed by atoms with Crippen molar-refractivity contribution >= 4 is 22.3 Å². The molecule has 0 saturated carbocycles. The quantitative estimate of drug-likeness (QED) is 0.0903. The van der Waals surface area contributed by atoms with Crippen molar-refractivity contribution in [3.8, 4) is 22.5 Å². The zero-order valence-corrected chi connectivity index (χ0v) is 39.1. The third kappa shape index (κ3) is 9.45. The summed E-state index contributed by atoms with van der Waals surface area (Å²) in [6.45, 7) is 8.57. The van der Waals surface area contributed by atoms with Crippen LogP contribution in [0.25, 0.3) is 44.8 Å². The van der Waals surface area contributed by atoms with Crippen LogP contribution in [-0.4, -0.2) is 0 Å². The second kappa shape index (κ2) is 19.6. The van der Waals surface area contributed by atoms with Crippen molar-refractivity contribution in [2.24, 2.45) is 0 Å². The number of benzene rings is 8. The van der Waals surface area contributed by atoms with E-state index < -0.39 is 0 Å². The highest BCUT2D eigenvalue weighted by Gasteiger charge is 2.20. The van der Waals surface area contributed by atoms with Gasteiger partial charge >= 0.3 is 0 Å². The van der Waals surface area contributed by atoms with E-state index in [-0.39, 0.29) is 0 Å². The average Bonchev–Trinajstić information content (AvgIpc) is 3.39. The third-order valence-electron chi connectivity index (χ3n) is 12.9. The van der Waals surface area contributed by atoms with Gasteiger partial charge in [0.05, 0.1) is 0 Å². The minimum atomic E-state index is 1.10. The van der Waals surface area contributed by atoms with Crippen LogP contribution < -0.4 is 9.13 Å². The van der Waals surface area contributed by atoms with E-state index in [2.05, 4.69) is 292 Å². The Morgan fingerprint density at radius 2 is 0.426 bits per heavy atom. The first-order chi connectivity index (χ1) is 33.3. The van der Waals surface area contributed by atoms with Crippen molar-refractivity contribution < 1.29 is 9.13 Å². The minimum absolute atomic E-state index is 1.10. The van der Waals surface area contributed by atoms with Crippen LogP contribution in [0.5, 0.6) is 0 Å². The van der Waals surface area contributed by atoms with E-state index in [0.717, 1.165) is 22.5 Å². The first-order valence-electron chi connectivity index (χ1n) is 23.5. The number of aryl methyl sites for hydroxylation is 4. The lowest BCUT2D eigenvalue weighted by Gasteiger charge is -2.18. The maximum atomic E-state index is 2.26. The highest BCUT2D eigenvalue weighted by atomic mass is 14.9. The highest BCUT2D eigenvalue weighted by molar-refractivity contribution is 6.05. The van der Waals surface area contributed by atoms with E-state index in [0.29, 0.717) is 0 Å². The molecule has 10 aromatic rings.